The second kappa shape index (κ2) is 9.93. The number of aliphatic hydroxyl groups is 1. The van der Waals surface area contributed by atoms with Crippen molar-refractivity contribution in [1.82, 2.24) is 19.5 Å². The molecule has 1 aliphatic heterocycles. The van der Waals surface area contributed by atoms with Gasteiger partial charge in [-0.3, -0.25) is 4.57 Å². The Morgan fingerprint density at radius 3 is 2.49 bits per heavy atom. The maximum atomic E-state index is 15.7. The lowest BCUT2D eigenvalue weighted by atomic mass is 9.94. The normalized spacial score (nSPS) is 26.8. The van der Waals surface area contributed by atoms with Gasteiger partial charge in [0.25, 0.3) is 5.60 Å². The van der Waals surface area contributed by atoms with Crippen LogP contribution in [0.2, 0.25) is 5.28 Å². The SMILES string of the molecule is CCOC(=O)C(Cc1ccc(OC(F)(F)F)cc1)(OC1[C@H]2O[C@@H](n3cnc4c(N)nc(Cl)nc43)[C@@H](F)[C@@]12O)C(=O)O. The number of fused-ring (bicyclic) bond motifs is 2. The van der Waals surface area contributed by atoms with E-state index in [1.54, 1.807) is 0 Å². The van der Waals surface area contributed by atoms with E-state index in [-0.39, 0.29) is 34.4 Å². The molecule has 4 N–H and O–H groups in total. The molecule has 1 saturated carbocycles. The summed E-state index contributed by atoms with van der Waals surface area (Å²) in [7, 11) is 0. The predicted molar refractivity (Wildman–Crippen MR) is 127 cm³/mol. The molecule has 41 heavy (non-hydrogen) atoms. The number of nitrogen functional groups attached to an aromatic ring is 1. The summed E-state index contributed by atoms with van der Waals surface area (Å²) < 4.78 is 74.2. The summed E-state index contributed by atoms with van der Waals surface area (Å²) in [4.78, 5) is 37.1. The minimum atomic E-state index is -4.96. The predicted octanol–water partition coefficient (Wildman–Crippen LogP) is 1.96. The van der Waals surface area contributed by atoms with Crippen molar-refractivity contribution in [3.05, 3.63) is 41.4 Å². The number of nitrogens with two attached hydrogens (primary N) is 1. The highest BCUT2D eigenvalue weighted by Gasteiger charge is 2.80. The molecule has 0 bridgehead atoms. The van der Waals surface area contributed by atoms with Gasteiger partial charge in [-0.05, 0) is 36.2 Å². The first-order chi connectivity index (χ1) is 19.2. The van der Waals surface area contributed by atoms with Gasteiger partial charge in [-0.1, -0.05) is 12.1 Å². The summed E-state index contributed by atoms with van der Waals surface area (Å²) in [6.07, 6.45) is -11.4. The van der Waals surface area contributed by atoms with E-state index in [0.29, 0.717) is 0 Å². The number of alkyl halides is 4. The molecule has 0 spiro atoms. The zero-order chi connectivity index (χ0) is 29.9. The molecule has 1 aromatic carbocycles. The Hall–Kier alpha value is -3.80. The fourth-order valence-corrected chi connectivity index (χ4v) is 4.84. The minimum Gasteiger partial charge on any atom is -0.479 e. The van der Waals surface area contributed by atoms with Crippen molar-refractivity contribution in [1.29, 1.82) is 0 Å². The van der Waals surface area contributed by atoms with E-state index in [1.165, 1.54) is 6.92 Å². The van der Waals surface area contributed by atoms with Crippen LogP contribution < -0.4 is 10.5 Å². The maximum absolute atomic E-state index is 15.7. The first-order valence-electron chi connectivity index (χ1n) is 11.8. The lowest BCUT2D eigenvalue weighted by Crippen LogP contribution is -2.54. The second-order valence-corrected chi connectivity index (χ2v) is 9.54. The van der Waals surface area contributed by atoms with Gasteiger partial charge in [0.2, 0.25) is 5.28 Å². The number of rotatable bonds is 9. The number of carboxylic acid groups (broad SMARTS) is 1. The number of nitrogens with zero attached hydrogens (tertiary/aromatic N) is 4. The maximum Gasteiger partial charge on any atom is 0.573 e. The van der Waals surface area contributed by atoms with Crippen LogP contribution in [-0.4, -0.2) is 84.2 Å². The number of benzene rings is 1. The monoisotopic (exact) mass is 605 g/mol. The molecule has 18 heteroatoms. The molecule has 2 unspecified atom stereocenters. The highest BCUT2D eigenvalue weighted by atomic mass is 35.5. The van der Waals surface area contributed by atoms with Crippen molar-refractivity contribution in [2.75, 3.05) is 12.3 Å². The van der Waals surface area contributed by atoms with E-state index >= 15 is 4.39 Å². The molecule has 13 nitrogen and oxygen atoms in total. The van der Waals surface area contributed by atoms with Crippen molar-refractivity contribution in [2.45, 2.75) is 55.5 Å². The molecule has 1 saturated heterocycles. The van der Waals surface area contributed by atoms with E-state index in [4.69, 9.17) is 31.5 Å². The number of anilines is 1. The Kier molecular flexibility index (Phi) is 6.96. The third-order valence-corrected chi connectivity index (χ3v) is 6.81. The van der Waals surface area contributed by atoms with Crippen LogP contribution in [0.3, 0.4) is 0 Å². The van der Waals surface area contributed by atoms with Crippen LogP contribution >= 0.6 is 11.6 Å². The Balaban J connectivity index is 1.40. The van der Waals surface area contributed by atoms with Crippen LogP contribution in [0.5, 0.6) is 5.75 Å². The topological polar surface area (TPSA) is 181 Å². The number of carbonyl (C=O) groups excluding carboxylic acids is 1. The number of ether oxygens (including phenoxy) is 4. The number of aliphatic carboxylic acids is 1. The van der Waals surface area contributed by atoms with Crippen molar-refractivity contribution in [3.63, 3.8) is 0 Å². The standard InChI is InChI=1S/C23H20ClF4N5O8/c1-2-38-19(36)21(18(34)35,7-9-3-5-10(6-4-9)40-23(26,27)28)41-14-13-22(14,37)12(25)17(39-13)33-8-30-11-15(29)31-20(24)32-16(11)33/h3-6,8,12-14,17,37H,2,7H2,1H3,(H,34,35)(H2,29,31,32)/t12-,13-,14?,17-,21?,22+/m1/s1. The second-order valence-electron chi connectivity index (χ2n) is 9.20. The molecular weight excluding hydrogens is 586 g/mol. The summed E-state index contributed by atoms with van der Waals surface area (Å²) in [5.74, 6) is -3.91. The molecule has 3 aromatic rings. The minimum absolute atomic E-state index is 0.00174. The number of halogens is 5. The summed E-state index contributed by atoms with van der Waals surface area (Å²) in [6.45, 7) is 1.13. The number of hydrogen-bond donors (Lipinski definition) is 3. The number of carboxylic acids is 1. The molecule has 0 amide bonds. The van der Waals surface area contributed by atoms with Gasteiger partial charge in [-0.2, -0.15) is 9.97 Å². The average molecular weight is 606 g/mol. The molecule has 1 aliphatic carbocycles. The molecule has 2 fully saturated rings. The molecule has 6 atom stereocenters. The van der Waals surface area contributed by atoms with Gasteiger partial charge < -0.3 is 34.9 Å². The first kappa shape index (κ1) is 28.7. The van der Waals surface area contributed by atoms with E-state index in [2.05, 4.69) is 19.7 Å². The first-order valence-corrected chi connectivity index (χ1v) is 12.2. The molecule has 5 rings (SSSR count). The van der Waals surface area contributed by atoms with Gasteiger partial charge in [0.1, 0.15) is 23.5 Å². The summed E-state index contributed by atoms with van der Waals surface area (Å²) in [6, 6.07) is 3.97. The quantitative estimate of drug-likeness (QED) is 0.140. The number of imidazole rings is 1. The summed E-state index contributed by atoms with van der Waals surface area (Å²) in [5.41, 5.74) is 0.652. The summed E-state index contributed by atoms with van der Waals surface area (Å²) in [5, 5.41) is 20.9. The number of esters is 1. The molecular formula is C23H20ClF4N5O8. The molecule has 220 valence electrons. The fraction of sp³-hybridized carbons (Fsp3) is 0.435. The zero-order valence-electron chi connectivity index (χ0n) is 20.7. The van der Waals surface area contributed by atoms with Crippen molar-refractivity contribution >= 4 is 40.5 Å². The molecule has 2 aromatic heterocycles. The van der Waals surface area contributed by atoms with E-state index in [9.17, 15) is 33.0 Å². The number of hydrogen-bond acceptors (Lipinski definition) is 11. The van der Waals surface area contributed by atoms with Crippen LogP contribution in [0.15, 0.2) is 30.6 Å². The van der Waals surface area contributed by atoms with Crippen LogP contribution in [-0.2, 0) is 30.2 Å². The van der Waals surface area contributed by atoms with Gasteiger partial charge in [-0.25, -0.2) is 19.0 Å². The zero-order valence-corrected chi connectivity index (χ0v) is 21.5. The van der Waals surface area contributed by atoms with E-state index < -0.39 is 66.3 Å². The van der Waals surface area contributed by atoms with Gasteiger partial charge in [-0.15, -0.1) is 13.2 Å². The number of carbonyl (C=O) groups is 2. The molecule has 2 aliphatic rings. The highest BCUT2D eigenvalue weighted by molar-refractivity contribution is 6.28. The van der Waals surface area contributed by atoms with Crippen LogP contribution in [0.4, 0.5) is 23.4 Å². The van der Waals surface area contributed by atoms with Gasteiger partial charge in [0.05, 0.1) is 12.9 Å². The Bertz CT molecular complexity index is 1510. The average Bonchev–Trinajstić information content (AvgIpc) is 3.12. The van der Waals surface area contributed by atoms with Gasteiger partial charge >= 0.3 is 18.3 Å². The largest absolute Gasteiger partial charge is 0.573 e. The van der Waals surface area contributed by atoms with Gasteiger partial charge in [0.15, 0.2) is 29.5 Å². The Morgan fingerprint density at radius 1 is 1.24 bits per heavy atom. The van der Waals surface area contributed by atoms with Crippen LogP contribution in [0.1, 0.15) is 18.7 Å². The highest BCUT2D eigenvalue weighted by Crippen LogP contribution is 2.58. The van der Waals surface area contributed by atoms with Gasteiger partial charge in [0, 0.05) is 6.42 Å². The number of aromatic nitrogens is 4. The smallest absolute Gasteiger partial charge is 0.479 e. The lowest BCUT2D eigenvalue weighted by molar-refractivity contribution is -0.274. The van der Waals surface area contributed by atoms with Crippen LogP contribution in [0, 0.1) is 0 Å². The molecule has 3 heterocycles. The summed E-state index contributed by atoms with van der Waals surface area (Å²) >= 11 is 5.84. The third-order valence-electron chi connectivity index (χ3n) is 6.64. The van der Waals surface area contributed by atoms with Crippen molar-refractivity contribution in [3.8, 4) is 5.75 Å². The third kappa shape index (κ3) is 4.87. The fourth-order valence-electron chi connectivity index (χ4n) is 4.67. The van der Waals surface area contributed by atoms with E-state index in [0.717, 1.165) is 35.2 Å². The van der Waals surface area contributed by atoms with Crippen molar-refractivity contribution in [2.24, 2.45) is 0 Å². The Morgan fingerprint density at radius 2 is 1.93 bits per heavy atom. The van der Waals surface area contributed by atoms with Crippen molar-refractivity contribution < 1.29 is 56.3 Å². The van der Waals surface area contributed by atoms with Crippen LogP contribution in [0.25, 0.3) is 11.2 Å². The Labute approximate surface area is 231 Å². The molecule has 0 radical (unpaired) electrons. The lowest BCUT2D eigenvalue weighted by Gasteiger charge is -2.30. The van der Waals surface area contributed by atoms with E-state index in [1.807, 2.05) is 0 Å².